The molecule has 1 saturated heterocycles. The Balaban J connectivity index is 1.27. The molecular formula is C35H36ClFN8O. The SMILES string of the molecule is [2H][C@](Nc1cc(Cl)c2ncc(C#N)c(N[C@H](CCN3CCOCC3)c3ccccc3)c2c1)(C1=CN(C2CC2)NN1)c1ccc(F)cc1. The number of hydrogen-bond donors (Lipinski definition) is 4. The highest BCUT2D eigenvalue weighted by Crippen LogP contribution is 2.38. The predicted octanol–water partition coefficient (Wildman–Crippen LogP) is 6.26. The molecule has 3 aliphatic rings. The lowest BCUT2D eigenvalue weighted by atomic mass is 10.0. The first-order valence-corrected chi connectivity index (χ1v) is 16.0. The van der Waals surface area contributed by atoms with Crippen LogP contribution in [-0.2, 0) is 4.74 Å². The van der Waals surface area contributed by atoms with Gasteiger partial charge in [-0.2, -0.15) is 5.26 Å². The van der Waals surface area contributed by atoms with E-state index >= 15 is 0 Å². The fourth-order valence-corrected chi connectivity index (χ4v) is 6.22. The highest BCUT2D eigenvalue weighted by molar-refractivity contribution is 6.35. The van der Waals surface area contributed by atoms with Crippen LogP contribution >= 0.6 is 11.6 Å². The third-order valence-corrected chi connectivity index (χ3v) is 8.89. The summed E-state index contributed by atoms with van der Waals surface area (Å²) in [6, 6.07) is 20.7. The summed E-state index contributed by atoms with van der Waals surface area (Å²) in [5.74, 6) is -0.386. The van der Waals surface area contributed by atoms with E-state index in [1.54, 1.807) is 24.4 Å². The van der Waals surface area contributed by atoms with Crippen LogP contribution in [-0.4, -0.2) is 53.8 Å². The molecule has 0 spiro atoms. The Bertz CT molecular complexity index is 1810. The van der Waals surface area contributed by atoms with Gasteiger partial charge in [0.05, 0.1) is 54.1 Å². The van der Waals surface area contributed by atoms with Gasteiger partial charge in [-0.05, 0) is 54.7 Å². The Morgan fingerprint density at radius 3 is 2.61 bits per heavy atom. The van der Waals surface area contributed by atoms with Crippen molar-refractivity contribution in [3.05, 3.63) is 112 Å². The van der Waals surface area contributed by atoms with E-state index in [2.05, 4.69) is 49.7 Å². The van der Waals surface area contributed by atoms with E-state index in [1.165, 1.54) is 12.1 Å². The maximum Gasteiger partial charge on any atom is 0.123 e. The summed E-state index contributed by atoms with van der Waals surface area (Å²) in [7, 11) is 0. The van der Waals surface area contributed by atoms with Gasteiger partial charge in [0.25, 0.3) is 0 Å². The zero-order chi connectivity index (χ0) is 32.4. The molecule has 1 aliphatic carbocycles. The van der Waals surface area contributed by atoms with E-state index in [0.717, 1.165) is 57.7 Å². The number of nitrogens with one attached hydrogen (secondary N) is 4. The van der Waals surface area contributed by atoms with Crippen LogP contribution < -0.4 is 21.6 Å². The maximum absolute atomic E-state index is 14.0. The van der Waals surface area contributed by atoms with Gasteiger partial charge in [-0.25, -0.2) is 4.39 Å². The molecule has 4 N–H and O–H groups in total. The highest BCUT2D eigenvalue weighted by atomic mass is 35.5. The van der Waals surface area contributed by atoms with Crippen LogP contribution in [0, 0.1) is 17.1 Å². The van der Waals surface area contributed by atoms with Gasteiger partial charge in [0, 0.05) is 49.1 Å². The zero-order valence-electron chi connectivity index (χ0n) is 26.3. The molecule has 2 atom stereocenters. The van der Waals surface area contributed by atoms with E-state index in [-0.39, 0.29) is 11.9 Å². The van der Waals surface area contributed by atoms with Crippen molar-refractivity contribution < 1.29 is 10.5 Å². The number of benzene rings is 3. The number of ether oxygens (including phenoxy) is 1. The van der Waals surface area contributed by atoms with Gasteiger partial charge in [-0.1, -0.05) is 54.1 Å². The predicted molar refractivity (Wildman–Crippen MR) is 178 cm³/mol. The molecular weight excluding hydrogens is 603 g/mol. The van der Waals surface area contributed by atoms with Crippen LogP contribution in [0.3, 0.4) is 0 Å². The lowest BCUT2D eigenvalue weighted by Gasteiger charge is -2.29. The van der Waals surface area contributed by atoms with Crippen molar-refractivity contribution in [3.8, 4) is 6.07 Å². The average molecular weight is 640 g/mol. The summed E-state index contributed by atoms with van der Waals surface area (Å²) in [6.07, 6.45) is 6.36. The molecule has 0 radical (unpaired) electrons. The van der Waals surface area contributed by atoms with Crippen molar-refractivity contribution in [1.82, 2.24) is 25.9 Å². The number of nitrogens with zero attached hydrogens (tertiary/aromatic N) is 4. The first-order valence-electron chi connectivity index (χ1n) is 16.1. The molecule has 3 aromatic carbocycles. The van der Waals surface area contributed by atoms with Crippen molar-refractivity contribution in [2.75, 3.05) is 43.5 Å². The van der Waals surface area contributed by atoms with Gasteiger partial charge in [0.1, 0.15) is 11.9 Å². The molecule has 2 aliphatic heterocycles. The summed E-state index contributed by atoms with van der Waals surface area (Å²) >= 11 is 6.88. The van der Waals surface area contributed by atoms with Crippen LogP contribution in [0.5, 0.6) is 0 Å². The van der Waals surface area contributed by atoms with Crippen LogP contribution in [0.1, 0.15) is 49.4 Å². The minimum absolute atomic E-state index is 0.103. The number of aromatic nitrogens is 1. The molecule has 0 bridgehead atoms. The van der Waals surface area contributed by atoms with Crippen LogP contribution in [0.25, 0.3) is 10.9 Å². The highest BCUT2D eigenvalue weighted by Gasteiger charge is 2.32. The summed E-state index contributed by atoms with van der Waals surface area (Å²) < 4.78 is 29.3. The van der Waals surface area contributed by atoms with E-state index in [9.17, 15) is 11.0 Å². The molecule has 0 amide bonds. The third-order valence-electron chi connectivity index (χ3n) is 8.60. The number of rotatable bonds is 11. The summed E-state index contributed by atoms with van der Waals surface area (Å²) in [4.78, 5) is 6.95. The first kappa shape index (κ1) is 29.0. The standard InChI is InChI=1S/C35H36ClFN8O/c36-30-19-27(40-34(24-6-8-26(37)9-7-24)32-22-45(43-42-32)28-10-11-28)18-29-33(25(20-38)21-39-35(29)30)41-31(23-4-2-1-3-5-23)12-13-44-14-16-46-17-15-44/h1-9,18-19,21-22,28,31,34,40,42-43H,10-17H2,(H,39,41)/t31-,34-/m1/s1/i34D. The van der Waals surface area contributed by atoms with Crippen molar-refractivity contribution in [2.24, 2.45) is 0 Å². The fourth-order valence-electron chi connectivity index (χ4n) is 5.95. The quantitative estimate of drug-likeness (QED) is 0.152. The van der Waals surface area contributed by atoms with Crippen molar-refractivity contribution >= 4 is 33.9 Å². The second kappa shape index (κ2) is 13.5. The molecule has 3 heterocycles. The first-order chi connectivity index (χ1) is 22.9. The molecule has 4 aromatic rings. The fraction of sp³-hybridized carbons (Fsp3) is 0.314. The summed E-state index contributed by atoms with van der Waals surface area (Å²) in [5.41, 5.74) is 10.6. The van der Waals surface area contributed by atoms with E-state index < -0.39 is 6.02 Å². The van der Waals surface area contributed by atoms with Gasteiger partial charge in [0.2, 0.25) is 0 Å². The molecule has 9 nitrogen and oxygen atoms in total. The summed E-state index contributed by atoms with van der Waals surface area (Å²) in [5, 5.41) is 20.3. The number of hydrogen-bond acceptors (Lipinski definition) is 9. The van der Waals surface area contributed by atoms with Gasteiger partial charge < -0.3 is 20.8 Å². The normalized spacial score (nSPS) is 19.0. The molecule has 236 valence electrons. The molecule has 1 saturated carbocycles. The Labute approximate surface area is 274 Å². The third kappa shape index (κ3) is 6.73. The van der Waals surface area contributed by atoms with Crippen LogP contribution in [0.15, 0.2) is 84.8 Å². The number of morpholine rings is 1. The molecule has 46 heavy (non-hydrogen) atoms. The van der Waals surface area contributed by atoms with Crippen LogP contribution in [0.4, 0.5) is 15.8 Å². The molecule has 7 rings (SSSR count). The van der Waals surface area contributed by atoms with Gasteiger partial charge in [0.15, 0.2) is 0 Å². The second-order valence-electron chi connectivity index (χ2n) is 11.8. The monoisotopic (exact) mass is 639 g/mol. The second-order valence-corrected chi connectivity index (χ2v) is 12.2. The van der Waals surface area contributed by atoms with Gasteiger partial charge in [-0.3, -0.25) is 14.9 Å². The molecule has 2 fully saturated rings. The minimum Gasteiger partial charge on any atom is -0.379 e. The average Bonchev–Trinajstić information content (AvgIpc) is 3.83. The summed E-state index contributed by atoms with van der Waals surface area (Å²) in [6.45, 7) is 4.08. The lowest BCUT2D eigenvalue weighted by molar-refractivity contribution is 0.0368. The number of fused-ring (bicyclic) bond motifs is 1. The maximum atomic E-state index is 14.0. The van der Waals surface area contributed by atoms with Crippen molar-refractivity contribution in [3.63, 3.8) is 0 Å². The van der Waals surface area contributed by atoms with Gasteiger partial charge >= 0.3 is 0 Å². The Hall–Kier alpha value is -4.40. The van der Waals surface area contributed by atoms with Crippen molar-refractivity contribution in [1.29, 1.82) is 5.26 Å². The van der Waals surface area contributed by atoms with Crippen molar-refractivity contribution in [2.45, 2.75) is 37.4 Å². The largest absolute Gasteiger partial charge is 0.379 e. The zero-order valence-corrected chi connectivity index (χ0v) is 26.0. The number of anilines is 2. The molecule has 11 heteroatoms. The van der Waals surface area contributed by atoms with Gasteiger partial charge in [-0.15, -0.1) is 5.53 Å². The Morgan fingerprint density at radius 2 is 1.87 bits per heavy atom. The van der Waals surface area contributed by atoms with E-state index in [1.807, 2.05) is 35.5 Å². The smallest absolute Gasteiger partial charge is 0.123 e. The number of hydrazine groups is 2. The number of nitriles is 1. The lowest BCUT2D eigenvalue weighted by Crippen LogP contribution is -2.38. The van der Waals surface area contributed by atoms with Crippen LogP contribution in [0.2, 0.25) is 5.02 Å². The molecule has 1 aromatic heterocycles. The Morgan fingerprint density at radius 1 is 1.09 bits per heavy atom. The van der Waals surface area contributed by atoms with E-state index in [4.69, 9.17) is 16.3 Å². The minimum atomic E-state index is -1.54. The Kier molecular flexibility index (Phi) is 8.54. The number of halogens is 2. The number of pyridine rings is 1. The topological polar surface area (TPSA) is 101 Å². The van der Waals surface area contributed by atoms with E-state index in [0.29, 0.717) is 50.2 Å². The molecule has 0 unspecified atom stereocenters.